The lowest BCUT2D eigenvalue weighted by atomic mass is 9.92. The van der Waals surface area contributed by atoms with Gasteiger partial charge in [-0.05, 0) is 25.3 Å². The van der Waals surface area contributed by atoms with E-state index in [0.717, 1.165) is 19.1 Å². The standard InChI is InChI=1S/C13H28N2S/c1-12-11-16-10-9-15(12)8-7-14-6-5-13(2,3)4/h12,14H,5-11H2,1-4H3. The van der Waals surface area contributed by atoms with Gasteiger partial charge in [-0.2, -0.15) is 11.8 Å². The van der Waals surface area contributed by atoms with Gasteiger partial charge >= 0.3 is 0 Å². The molecule has 1 saturated heterocycles. The number of nitrogens with one attached hydrogen (secondary N) is 1. The van der Waals surface area contributed by atoms with Crippen LogP contribution in [0.3, 0.4) is 0 Å². The number of rotatable bonds is 5. The Morgan fingerprint density at radius 3 is 2.69 bits per heavy atom. The molecule has 0 aromatic heterocycles. The number of hydrogen-bond acceptors (Lipinski definition) is 3. The molecule has 0 radical (unpaired) electrons. The summed E-state index contributed by atoms with van der Waals surface area (Å²) in [5.74, 6) is 2.62. The van der Waals surface area contributed by atoms with Gasteiger partial charge in [0, 0.05) is 37.2 Å². The molecule has 1 rings (SSSR count). The topological polar surface area (TPSA) is 15.3 Å². The smallest absolute Gasteiger partial charge is 0.0158 e. The molecule has 0 aliphatic carbocycles. The highest BCUT2D eigenvalue weighted by atomic mass is 32.2. The summed E-state index contributed by atoms with van der Waals surface area (Å²) in [5, 5.41) is 3.56. The van der Waals surface area contributed by atoms with Crippen molar-refractivity contribution in [2.24, 2.45) is 5.41 Å². The largest absolute Gasteiger partial charge is 0.315 e. The van der Waals surface area contributed by atoms with E-state index in [9.17, 15) is 0 Å². The molecule has 1 fully saturated rings. The molecule has 1 heterocycles. The average molecular weight is 244 g/mol. The van der Waals surface area contributed by atoms with Crippen molar-refractivity contribution >= 4 is 11.8 Å². The molecule has 16 heavy (non-hydrogen) atoms. The van der Waals surface area contributed by atoms with E-state index in [1.54, 1.807) is 0 Å². The normalized spacial score (nSPS) is 23.6. The molecule has 0 saturated carbocycles. The molecule has 3 heteroatoms. The van der Waals surface area contributed by atoms with Crippen LogP contribution < -0.4 is 5.32 Å². The third-order valence-electron chi connectivity index (χ3n) is 3.13. The number of nitrogens with zero attached hydrogens (tertiary/aromatic N) is 1. The number of thioether (sulfide) groups is 1. The second-order valence-corrected chi connectivity index (χ2v) is 7.17. The van der Waals surface area contributed by atoms with Crippen LogP contribution in [-0.4, -0.2) is 48.6 Å². The van der Waals surface area contributed by atoms with Gasteiger partial charge < -0.3 is 5.32 Å². The Morgan fingerprint density at radius 1 is 1.31 bits per heavy atom. The molecule has 1 unspecified atom stereocenters. The van der Waals surface area contributed by atoms with Crippen molar-refractivity contribution in [1.82, 2.24) is 10.2 Å². The van der Waals surface area contributed by atoms with E-state index in [4.69, 9.17) is 0 Å². The molecule has 0 aromatic carbocycles. The molecule has 0 amide bonds. The van der Waals surface area contributed by atoms with Gasteiger partial charge in [-0.15, -0.1) is 0 Å². The van der Waals surface area contributed by atoms with E-state index in [-0.39, 0.29) is 0 Å². The van der Waals surface area contributed by atoms with Crippen LogP contribution in [0.2, 0.25) is 0 Å². The van der Waals surface area contributed by atoms with E-state index in [0.29, 0.717) is 5.41 Å². The highest BCUT2D eigenvalue weighted by Crippen LogP contribution is 2.17. The lowest BCUT2D eigenvalue weighted by molar-refractivity contribution is 0.231. The maximum Gasteiger partial charge on any atom is 0.0158 e. The van der Waals surface area contributed by atoms with Crippen LogP contribution in [0.1, 0.15) is 34.1 Å². The molecule has 1 atom stereocenters. The lowest BCUT2D eigenvalue weighted by Crippen LogP contribution is -2.43. The monoisotopic (exact) mass is 244 g/mol. The zero-order chi connectivity index (χ0) is 12.0. The molecule has 0 aromatic rings. The van der Waals surface area contributed by atoms with Crippen LogP contribution in [0.15, 0.2) is 0 Å². The number of hydrogen-bond donors (Lipinski definition) is 1. The molecule has 1 aliphatic heterocycles. The van der Waals surface area contributed by atoms with E-state index in [1.807, 2.05) is 0 Å². The van der Waals surface area contributed by atoms with E-state index in [2.05, 4.69) is 49.7 Å². The minimum Gasteiger partial charge on any atom is -0.315 e. The van der Waals surface area contributed by atoms with Gasteiger partial charge in [0.25, 0.3) is 0 Å². The maximum absolute atomic E-state index is 3.56. The highest BCUT2D eigenvalue weighted by molar-refractivity contribution is 7.99. The first-order valence-corrected chi connectivity index (χ1v) is 7.67. The Bertz CT molecular complexity index is 189. The van der Waals surface area contributed by atoms with Crippen molar-refractivity contribution in [3.63, 3.8) is 0 Å². The van der Waals surface area contributed by atoms with Crippen LogP contribution in [0.25, 0.3) is 0 Å². The summed E-state index contributed by atoms with van der Waals surface area (Å²) in [6.07, 6.45) is 1.26. The van der Waals surface area contributed by atoms with Gasteiger partial charge in [0.05, 0.1) is 0 Å². The summed E-state index contributed by atoms with van der Waals surface area (Å²) < 4.78 is 0. The van der Waals surface area contributed by atoms with Crippen molar-refractivity contribution in [2.45, 2.75) is 40.2 Å². The van der Waals surface area contributed by atoms with Gasteiger partial charge in [0.1, 0.15) is 0 Å². The fourth-order valence-corrected chi connectivity index (χ4v) is 2.99. The van der Waals surface area contributed by atoms with Crippen LogP contribution in [0.5, 0.6) is 0 Å². The van der Waals surface area contributed by atoms with Crippen LogP contribution in [0, 0.1) is 5.41 Å². The Labute approximate surface area is 106 Å². The van der Waals surface area contributed by atoms with Crippen molar-refractivity contribution in [2.75, 3.05) is 37.7 Å². The minimum absolute atomic E-state index is 0.460. The maximum atomic E-state index is 3.56. The van der Waals surface area contributed by atoms with Crippen molar-refractivity contribution in [1.29, 1.82) is 0 Å². The van der Waals surface area contributed by atoms with E-state index < -0.39 is 0 Å². The zero-order valence-electron chi connectivity index (χ0n) is 11.4. The molecular weight excluding hydrogens is 216 g/mol. The van der Waals surface area contributed by atoms with Gasteiger partial charge in [-0.1, -0.05) is 20.8 Å². The second kappa shape index (κ2) is 6.87. The zero-order valence-corrected chi connectivity index (χ0v) is 12.2. The predicted molar refractivity (Wildman–Crippen MR) is 75.3 cm³/mol. The van der Waals surface area contributed by atoms with Crippen molar-refractivity contribution in [3.8, 4) is 0 Å². The van der Waals surface area contributed by atoms with Gasteiger partial charge in [-0.25, -0.2) is 0 Å². The third kappa shape index (κ3) is 6.12. The SMILES string of the molecule is CC1CSCCN1CCNCCC(C)(C)C. The first-order valence-electron chi connectivity index (χ1n) is 6.51. The Hall–Kier alpha value is 0.270. The van der Waals surface area contributed by atoms with Crippen LogP contribution >= 0.6 is 11.8 Å². The molecule has 0 spiro atoms. The van der Waals surface area contributed by atoms with Crippen molar-refractivity contribution < 1.29 is 0 Å². The Balaban J connectivity index is 2.02. The van der Waals surface area contributed by atoms with Gasteiger partial charge in [0.2, 0.25) is 0 Å². The molecule has 1 aliphatic rings. The molecule has 96 valence electrons. The van der Waals surface area contributed by atoms with E-state index in [1.165, 1.54) is 31.0 Å². The Kier molecular flexibility index (Phi) is 6.16. The summed E-state index contributed by atoms with van der Waals surface area (Å²) in [7, 11) is 0. The quantitative estimate of drug-likeness (QED) is 0.748. The first-order chi connectivity index (χ1) is 7.49. The molecule has 2 nitrogen and oxygen atoms in total. The summed E-state index contributed by atoms with van der Waals surface area (Å²) in [4.78, 5) is 2.61. The van der Waals surface area contributed by atoms with Crippen LogP contribution in [-0.2, 0) is 0 Å². The summed E-state index contributed by atoms with van der Waals surface area (Å²) in [5.41, 5.74) is 0.460. The average Bonchev–Trinajstić information content (AvgIpc) is 2.18. The van der Waals surface area contributed by atoms with Gasteiger partial charge in [-0.3, -0.25) is 4.90 Å². The van der Waals surface area contributed by atoms with E-state index >= 15 is 0 Å². The fourth-order valence-electron chi connectivity index (χ4n) is 1.90. The second-order valence-electron chi connectivity index (χ2n) is 6.02. The fraction of sp³-hybridized carbons (Fsp3) is 1.00. The predicted octanol–water partition coefficient (Wildman–Crippen LogP) is 2.45. The molecular formula is C13H28N2S. The summed E-state index contributed by atoms with van der Waals surface area (Å²) in [6.45, 7) is 14.0. The lowest BCUT2D eigenvalue weighted by Gasteiger charge is -2.33. The third-order valence-corrected chi connectivity index (χ3v) is 4.32. The molecule has 1 N–H and O–H groups in total. The van der Waals surface area contributed by atoms with Crippen LogP contribution in [0.4, 0.5) is 0 Å². The Morgan fingerprint density at radius 2 is 2.06 bits per heavy atom. The highest BCUT2D eigenvalue weighted by Gasteiger charge is 2.17. The summed E-state index contributed by atoms with van der Waals surface area (Å²) in [6, 6.07) is 0.767. The minimum atomic E-state index is 0.460. The summed E-state index contributed by atoms with van der Waals surface area (Å²) >= 11 is 2.09. The van der Waals surface area contributed by atoms with Crippen molar-refractivity contribution in [3.05, 3.63) is 0 Å². The van der Waals surface area contributed by atoms with Gasteiger partial charge in [0.15, 0.2) is 0 Å². The molecule has 0 bridgehead atoms. The first kappa shape index (κ1) is 14.3.